The summed E-state index contributed by atoms with van der Waals surface area (Å²) in [5, 5.41) is 8.17. The van der Waals surface area contributed by atoms with Gasteiger partial charge in [0.1, 0.15) is 17.7 Å². The normalized spacial score (nSPS) is 14.4. The van der Waals surface area contributed by atoms with Gasteiger partial charge in [-0.1, -0.05) is 67.6 Å². The molecule has 4 rings (SSSR count). The van der Waals surface area contributed by atoms with Crippen molar-refractivity contribution in [3.8, 4) is 0 Å². The molecular weight excluding hydrogens is 397 g/mol. The number of rotatable bonds is 8. The third kappa shape index (κ3) is 4.40. The SMILES string of the molecule is COC(c1ccccc1)n1cnc(=N)c2[nH]c(C(C)COC(F)c3ccccc3)nc21. The van der Waals surface area contributed by atoms with E-state index in [0.29, 0.717) is 22.6 Å². The molecule has 0 bridgehead atoms. The molecule has 2 aromatic heterocycles. The molecule has 2 N–H and O–H groups in total. The summed E-state index contributed by atoms with van der Waals surface area (Å²) in [5.74, 6) is 0.369. The molecular formula is C23H24FN5O2. The molecule has 0 aliphatic heterocycles. The number of imidazole rings is 1. The largest absolute Gasteiger partial charge is 0.357 e. The second kappa shape index (κ2) is 9.20. The molecule has 0 aliphatic carbocycles. The molecule has 7 nitrogen and oxygen atoms in total. The second-order valence-electron chi connectivity index (χ2n) is 7.28. The molecule has 0 aliphatic rings. The first-order valence-electron chi connectivity index (χ1n) is 9.98. The average molecular weight is 421 g/mol. The van der Waals surface area contributed by atoms with Crippen molar-refractivity contribution in [1.29, 1.82) is 5.41 Å². The van der Waals surface area contributed by atoms with Crippen molar-refractivity contribution < 1.29 is 13.9 Å². The fraction of sp³-hybridized carbons (Fsp3) is 0.261. The van der Waals surface area contributed by atoms with Crippen LogP contribution in [-0.4, -0.2) is 33.2 Å². The number of H-pyrrole nitrogens is 1. The average Bonchev–Trinajstić information content (AvgIpc) is 3.27. The highest BCUT2D eigenvalue weighted by Gasteiger charge is 2.20. The van der Waals surface area contributed by atoms with Gasteiger partial charge in [-0.05, 0) is 0 Å². The van der Waals surface area contributed by atoms with Gasteiger partial charge in [-0.3, -0.25) is 9.98 Å². The van der Waals surface area contributed by atoms with Crippen LogP contribution in [0, 0.1) is 5.41 Å². The number of hydrogen-bond acceptors (Lipinski definition) is 5. The lowest BCUT2D eigenvalue weighted by atomic mass is 10.2. The van der Waals surface area contributed by atoms with Crippen molar-refractivity contribution in [2.75, 3.05) is 13.7 Å². The number of alkyl halides is 1. The fourth-order valence-corrected chi connectivity index (χ4v) is 3.41. The van der Waals surface area contributed by atoms with Crippen LogP contribution in [0.2, 0.25) is 0 Å². The lowest BCUT2D eigenvalue weighted by Gasteiger charge is -2.19. The van der Waals surface area contributed by atoms with Gasteiger partial charge in [0.25, 0.3) is 0 Å². The summed E-state index contributed by atoms with van der Waals surface area (Å²) in [6.45, 7) is 2.02. The molecule has 3 atom stereocenters. The van der Waals surface area contributed by atoms with E-state index in [1.165, 1.54) is 0 Å². The first kappa shape index (κ1) is 20.9. The number of aromatic nitrogens is 4. The van der Waals surface area contributed by atoms with E-state index in [4.69, 9.17) is 14.9 Å². The number of nitrogens with one attached hydrogen (secondary N) is 2. The number of nitrogens with zero attached hydrogens (tertiary/aromatic N) is 3. The first-order chi connectivity index (χ1) is 15.1. The van der Waals surface area contributed by atoms with Crippen molar-refractivity contribution in [3.63, 3.8) is 0 Å². The van der Waals surface area contributed by atoms with E-state index in [-0.39, 0.29) is 18.0 Å². The number of halogens is 1. The highest BCUT2D eigenvalue weighted by Crippen LogP contribution is 2.25. The van der Waals surface area contributed by atoms with E-state index in [2.05, 4.69) is 15.0 Å². The van der Waals surface area contributed by atoms with E-state index < -0.39 is 12.6 Å². The molecule has 31 heavy (non-hydrogen) atoms. The maximum Gasteiger partial charge on any atom is 0.225 e. The smallest absolute Gasteiger partial charge is 0.225 e. The molecule has 0 amide bonds. The monoisotopic (exact) mass is 421 g/mol. The number of aromatic amines is 1. The Bertz CT molecular complexity index is 1190. The van der Waals surface area contributed by atoms with Crippen LogP contribution in [0.25, 0.3) is 11.2 Å². The zero-order valence-electron chi connectivity index (χ0n) is 17.3. The maximum absolute atomic E-state index is 14.4. The summed E-state index contributed by atoms with van der Waals surface area (Å²) in [6.07, 6.45) is -0.417. The van der Waals surface area contributed by atoms with Crippen molar-refractivity contribution in [1.82, 2.24) is 19.5 Å². The highest BCUT2D eigenvalue weighted by atomic mass is 19.1. The van der Waals surface area contributed by atoms with Gasteiger partial charge >= 0.3 is 0 Å². The number of hydrogen-bond donors (Lipinski definition) is 2. The Labute approximate surface area is 179 Å². The van der Waals surface area contributed by atoms with Crippen LogP contribution in [-0.2, 0) is 9.47 Å². The molecule has 8 heteroatoms. The highest BCUT2D eigenvalue weighted by molar-refractivity contribution is 5.69. The van der Waals surface area contributed by atoms with E-state index in [0.717, 1.165) is 5.56 Å². The van der Waals surface area contributed by atoms with Crippen LogP contribution in [0.15, 0.2) is 67.0 Å². The Morgan fingerprint density at radius 1 is 1.06 bits per heavy atom. The van der Waals surface area contributed by atoms with E-state index in [1.54, 1.807) is 42.3 Å². The maximum atomic E-state index is 14.4. The molecule has 0 spiro atoms. The van der Waals surface area contributed by atoms with Gasteiger partial charge in [0.05, 0.1) is 6.61 Å². The molecule has 0 radical (unpaired) electrons. The second-order valence-corrected chi connectivity index (χ2v) is 7.28. The third-order valence-electron chi connectivity index (χ3n) is 5.08. The van der Waals surface area contributed by atoms with Crippen molar-refractivity contribution in [3.05, 3.63) is 89.4 Å². The number of fused-ring (bicyclic) bond motifs is 1. The van der Waals surface area contributed by atoms with Gasteiger partial charge in [-0.2, -0.15) is 0 Å². The van der Waals surface area contributed by atoms with Crippen molar-refractivity contribution >= 4 is 11.2 Å². The van der Waals surface area contributed by atoms with Crippen LogP contribution in [0.5, 0.6) is 0 Å². The van der Waals surface area contributed by atoms with E-state index in [1.807, 2.05) is 43.3 Å². The molecule has 160 valence electrons. The van der Waals surface area contributed by atoms with Crippen molar-refractivity contribution in [2.24, 2.45) is 0 Å². The van der Waals surface area contributed by atoms with Crippen molar-refractivity contribution in [2.45, 2.75) is 25.4 Å². The predicted octanol–water partition coefficient (Wildman–Crippen LogP) is 4.22. The number of ether oxygens (including phenoxy) is 2. The third-order valence-corrected chi connectivity index (χ3v) is 5.08. The Morgan fingerprint density at radius 3 is 2.35 bits per heavy atom. The fourth-order valence-electron chi connectivity index (χ4n) is 3.41. The molecule has 3 unspecified atom stereocenters. The predicted molar refractivity (Wildman–Crippen MR) is 114 cm³/mol. The summed E-state index contributed by atoms with van der Waals surface area (Å²) in [4.78, 5) is 12.0. The van der Waals surface area contributed by atoms with E-state index >= 15 is 0 Å². The van der Waals surface area contributed by atoms with Gasteiger partial charge < -0.3 is 14.5 Å². The summed E-state index contributed by atoms with van der Waals surface area (Å²) >= 11 is 0. The zero-order chi connectivity index (χ0) is 21.8. The van der Waals surface area contributed by atoms with Crippen LogP contribution >= 0.6 is 0 Å². The van der Waals surface area contributed by atoms with Crippen LogP contribution < -0.4 is 5.49 Å². The number of methoxy groups -OCH3 is 1. The van der Waals surface area contributed by atoms with Gasteiger partial charge in [0, 0.05) is 24.2 Å². The van der Waals surface area contributed by atoms with E-state index in [9.17, 15) is 4.39 Å². The summed E-state index contributed by atoms with van der Waals surface area (Å²) in [5.41, 5.74) is 2.51. The van der Waals surface area contributed by atoms with Gasteiger partial charge in [-0.25, -0.2) is 14.4 Å². The lowest BCUT2D eigenvalue weighted by molar-refractivity contribution is -0.0462. The molecule has 2 aromatic carbocycles. The zero-order valence-corrected chi connectivity index (χ0v) is 17.3. The first-order valence-corrected chi connectivity index (χ1v) is 9.98. The molecule has 0 fully saturated rings. The van der Waals surface area contributed by atoms with Gasteiger partial charge in [0.15, 0.2) is 17.4 Å². The summed E-state index contributed by atoms with van der Waals surface area (Å²) in [6, 6.07) is 18.5. The van der Waals surface area contributed by atoms with Crippen LogP contribution in [0.4, 0.5) is 4.39 Å². The Morgan fingerprint density at radius 2 is 1.71 bits per heavy atom. The van der Waals surface area contributed by atoms with Crippen LogP contribution in [0.1, 0.15) is 42.4 Å². The molecule has 0 saturated heterocycles. The molecule has 2 heterocycles. The quantitative estimate of drug-likeness (QED) is 0.446. The lowest BCUT2D eigenvalue weighted by Crippen LogP contribution is -2.19. The Balaban J connectivity index is 1.61. The minimum absolute atomic E-state index is 0.0775. The minimum atomic E-state index is -1.51. The van der Waals surface area contributed by atoms with Gasteiger partial charge in [-0.15, -0.1) is 0 Å². The van der Waals surface area contributed by atoms with Gasteiger partial charge in [0.2, 0.25) is 6.36 Å². The van der Waals surface area contributed by atoms with Crippen LogP contribution in [0.3, 0.4) is 0 Å². The molecule has 0 saturated carbocycles. The Kier molecular flexibility index (Phi) is 6.20. The summed E-state index contributed by atoms with van der Waals surface area (Å²) < 4.78 is 27.3. The minimum Gasteiger partial charge on any atom is -0.357 e. The topological polar surface area (TPSA) is 88.8 Å². The standard InChI is InChI=1S/C23H24FN5O2/c1-15(13-31-19(24)16-9-5-3-6-10-16)21-27-18-20(25)26-14-29(22(18)28-21)23(30-2)17-11-7-4-8-12-17/h3-12,14-15,19,23,25H,13H2,1-2H3,(H,27,28). The summed E-state index contributed by atoms with van der Waals surface area (Å²) in [7, 11) is 1.61. The molecule has 4 aromatic rings. The number of benzene rings is 2. The Hall–Kier alpha value is -3.36.